The number of esters is 1. The van der Waals surface area contributed by atoms with Gasteiger partial charge in [-0.15, -0.1) is 11.3 Å². The third-order valence-corrected chi connectivity index (χ3v) is 3.26. The van der Waals surface area contributed by atoms with Gasteiger partial charge in [-0.2, -0.15) is 0 Å². The molecule has 2 atom stereocenters. The minimum atomic E-state index is -1.68. The van der Waals surface area contributed by atoms with Gasteiger partial charge in [0.05, 0.1) is 11.5 Å². The minimum absolute atomic E-state index is 0.105. The number of rotatable bonds is 5. The highest BCUT2D eigenvalue weighted by atomic mass is 32.1. The van der Waals surface area contributed by atoms with Gasteiger partial charge in [0.1, 0.15) is 6.10 Å². The first-order chi connectivity index (χ1) is 8.51. The van der Waals surface area contributed by atoms with E-state index in [0.29, 0.717) is 0 Å². The third kappa shape index (κ3) is 3.26. The summed E-state index contributed by atoms with van der Waals surface area (Å²) in [7, 11) is 0. The van der Waals surface area contributed by atoms with Crippen LogP contribution in [0.2, 0.25) is 0 Å². The molecule has 0 radical (unpaired) electrons. The van der Waals surface area contributed by atoms with E-state index in [9.17, 15) is 19.8 Å². The molecule has 0 bridgehead atoms. The minimum Gasteiger partial charge on any atom is -0.464 e. The van der Waals surface area contributed by atoms with Crippen LogP contribution in [0.15, 0.2) is 12.1 Å². The number of nitrogens with one attached hydrogen (secondary N) is 1. The van der Waals surface area contributed by atoms with Gasteiger partial charge in [-0.1, -0.05) is 0 Å². The van der Waals surface area contributed by atoms with E-state index in [1.807, 2.05) is 5.43 Å². The van der Waals surface area contributed by atoms with Gasteiger partial charge in [-0.25, -0.2) is 10.6 Å². The van der Waals surface area contributed by atoms with Crippen molar-refractivity contribution in [1.82, 2.24) is 5.43 Å². The summed E-state index contributed by atoms with van der Waals surface area (Å²) in [5, 5.41) is 19.3. The van der Waals surface area contributed by atoms with E-state index in [2.05, 4.69) is 4.74 Å². The molecule has 100 valence electrons. The first kappa shape index (κ1) is 14.6. The predicted octanol–water partition coefficient (Wildman–Crippen LogP) is -0.691. The van der Waals surface area contributed by atoms with Crippen LogP contribution in [0.1, 0.15) is 27.6 Å². The molecule has 0 aromatic carbocycles. The zero-order valence-electron chi connectivity index (χ0n) is 9.62. The summed E-state index contributed by atoms with van der Waals surface area (Å²) in [5.41, 5.74) is 1.94. The molecule has 0 saturated heterocycles. The van der Waals surface area contributed by atoms with E-state index >= 15 is 0 Å². The average Bonchev–Trinajstić information content (AvgIpc) is 2.85. The molecule has 0 fully saturated rings. The first-order valence-corrected chi connectivity index (χ1v) is 5.96. The van der Waals surface area contributed by atoms with E-state index in [1.165, 1.54) is 12.1 Å². The predicted molar refractivity (Wildman–Crippen MR) is 63.6 cm³/mol. The molecule has 2 unspecified atom stereocenters. The topological polar surface area (TPSA) is 122 Å². The second-order valence-corrected chi connectivity index (χ2v) is 4.43. The molecule has 8 heteroatoms. The Morgan fingerprint density at radius 1 is 1.50 bits per heavy atom. The van der Waals surface area contributed by atoms with Gasteiger partial charge >= 0.3 is 5.97 Å². The number of ether oxygens (including phenoxy) is 1. The zero-order valence-corrected chi connectivity index (χ0v) is 10.4. The normalized spacial score (nSPS) is 13.8. The van der Waals surface area contributed by atoms with E-state index in [0.717, 1.165) is 11.3 Å². The number of nitrogens with two attached hydrogens (primary N) is 1. The van der Waals surface area contributed by atoms with Crippen LogP contribution in [-0.4, -0.2) is 34.8 Å². The van der Waals surface area contributed by atoms with Crippen molar-refractivity contribution in [1.29, 1.82) is 0 Å². The maximum Gasteiger partial charge on any atom is 0.338 e. The maximum atomic E-state index is 11.2. The Hall–Kier alpha value is -1.48. The first-order valence-electron chi connectivity index (χ1n) is 5.14. The fourth-order valence-corrected chi connectivity index (χ4v) is 2.14. The smallest absolute Gasteiger partial charge is 0.338 e. The van der Waals surface area contributed by atoms with Crippen LogP contribution in [0.3, 0.4) is 0 Å². The van der Waals surface area contributed by atoms with Crippen LogP contribution < -0.4 is 11.3 Å². The molecule has 0 aliphatic carbocycles. The van der Waals surface area contributed by atoms with E-state index in [1.54, 1.807) is 6.92 Å². The Morgan fingerprint density at radius 2 is 2.17 bits per heavy atom. The summed E-state index contributed by atoms with van der Waals surface area (Å²) >= 11 is 0.928. The number of carbonyl (C=O) groups is 2. The van der Waals surface area contributed by atoms with Gasteiger partial charge in [0, 0.05) is 4.88 Å². The van der Waals surface area contributed by atoms with Crippen LogP contribution in [0, 0.1) is 0 Å². The van der Waals surface area contributed by atoms with Crippen LogP contribution in [-0.2, 0) is 9.53 Å². The van der Waals surface area contributed by atoms with Crippen LogP contribution in [0.4, 0.5) is 0 Å². The standard InChI is InChI=1S/C10H14N2O5S/c1-2-17-10(16)8(14)7(13)5-3-4-6(18-5)9(15)12-11/h3-4,7-8,13-14H,2,11H2,1H3,(H,12,15). The Balaban J connectivity index is 2.77. The molecule has 0 aliphatic heterocycles. The number of aliphatic hydroxyl groups is 2. The molecular formula is C10H14N2O5S. The van der Waals surface area contributed by atoms with Crippen molar-refractivity contribution >= 4 is 23.2 Å². The van der Waals surface area contributed by atoms with Crippen molar-refractivity contribution in [2.24, 2.45) is 5.84 Å². The molecule has 18 heavy (non-hydrogen) atoms. The van der Waals surface area contributed by atoms with Crippen molar-refractivity contribution in [3.8, 4) is 0 Å². The average molecular weight is 274 g/mol. The number of hydrazine groups is 1. The SMILES string of the molecule is CCOC(=O)C(O)C(O)c1ccc(C(=O)NN)s1. The Kier molecular flexibility index (Phi) is 5.23. The van der Waals surface area contributed by atoms with Gasteiger partial charge < -0.3 is 14.9 Å². The van der Waals surface area contributed by atoms with E-state index < -0.39 is 24.1 Å². The molecule has 1 aromatic rings. The van der Waals surface area contributed by atoms with Crippen LogP contribution >= 0.6 is 11.3 Å². The van der Waals surface area contributed by atoms with E-state index in [4.69, 9.17) is 5.84 Å². The lowest BCUT2D eigenvalue weighted by Crippen LogP contribution is -2.29. The molecule has 1 rings (SSSR count). The number of amides is 1. The van der Waals surface area contributed by atoms with Gasteiger partial charge in [-0.3, -0.25) is 10.2 Å². The van der Waals surface area contributed by atoms with E-state index in [-0.39, 0.29) is 16.4 Å². The Morgan fingerprint density at radius 3 is 2.72 bits per heavy atom. The van der Waals surface area contributed by atoms with Crippen molar-refractivity contribution < 1.29 is 24.5 Å². The van der Waals surface area contributed by atoms with Gasteiger partial charge in [-0.05, 0) is 19.1 Å². The fourth-order valence-electron chi connectivity index (χ4n) is 1.22. The lowest BCUT2D eigenvalue weighted by atomic mass is 10.2. The number of nitrogen functional groups attached to an aromatic ring is 1. The maximum absolute atomic E-state index is 11.2. The summed E-state index contributed by atoms with van der Waals surface area (Å²) in [6, 6.07) is 2.87. The van der Waals surface area contributed by atoms with Gasteiger partial charge in [0.25, 0.3) is 5.91 Å². The monoisotopic (exact) mass is 274 g/mol. The lowest BCUT2D eigenvalue weighted by molar-refractivity contribution is -0.159. The number of hydrogen-bond donors (Lipinski definition) is 4. The molecule has 1 heterocycles. The van der Waals surface area contributed by atoms with Crippen LogP contribution in [0.25, 0.3) is 0 Å². The fraction of sp³-hybridized carbons (Fsp3) is 0.400. The van der Waals surface area contributed by atoms with Gasteiger partial charge in [0.15, 0.2) is 6.10 Å². The molecule has 0 saturated carbocycles. The number of hydrogen-bond acceptors (Lipinski definition) is 7. The molecule has 5 N–H and O–H groups in total. The molecule has 7 nitrogen and oxygen atoms in total. The molecule has 1 aromatic heterocycles. The number of carbonyl (C=O) groups excluding carboxylic acids is 2. The van der Waals surface area contributed by atoms with Crippen molar-refractivity contribution in [2.75, 3.05) is 6.61 Å². The summed E-state index contributed by atoms with van der Waals surface area (Å²) in [6.45, 7) is 1.69. The summed E-state index contributed by atoms with van der Waals surface area (Å²) in [4.78, 5) is 23.0. The van der Waals surface area contributed by atoms with Gasteiger partial charge in [0.2, 0.25) is 0 Å². The lowest BCUT2D eigenvalue weighted by Gasteiger charge is -2.14. The Bertz CT molecular complexity index is 434. The second-order valence-electron chi connectivity index (χ2n) is 3.32. The number of thiophene rings is 1. The second kappa shape index (κ2) is 6.45. The molecule has 0 spiro atoms. The quantitative estimate of drug-likeness (QED) is 0.244. The largest absolute Gasteiger partial charge is 0.464 e. The van der Waals surface area contributed by atoms with Crippen molar-refractivity contribution in [3.05, 3.63) is 21.9 Å². The summed E-state index contributed by atoms with van der Waals surface area (Å²) < 4.78 is 4.58. The third-order valence-electron chi connectivity index (χ3n) is 2.10. The highest BCUT2D eigenvalue weighted by Crippen LogP contribution is 2.26. The van der Waals surface area contributed by atoms with Crippen molar-refractivity contribution in [3.63, 3.8) is 0 Å². The zero-order chi connectivity index (χ0) is 13.7. The summed E-state index contributed by atoms with van der Waals surface area (Å²) in [5.74, 6) is 3.53. The Labute approximate surface area is 107 Å². The van der Waals surface area contributed by atoms with Crippen molar-refractivity contribution in [2.45, 2.75) is 19.1 Å². The highest BCUT2D eigenvalue weighted by Gasteiger charge is 2.28. The van der Waals surface area contributed by atoms with Crippen LogP contribution in [0.5, 0.6) is 0 Å². The number of aliphatic hydroxyl groups excluding tert-OH is 2. The summed E-state index contributed by atoms with van der Waals surface area (Å²) in [6.07, 6.45) is -3.12. The highest BCUT2D eigenvalue weighted by molar-refractivity contribution is 7.14. The molecular weight excluding hydrogens is 260 g/mol. The molecule has 1 amide bonds. The molecule has 0 aliphatic rings.